The Kier molecular flexibility index (Phi) is 5.99. The van der Waals surface area contributed by atoms with Gasteiger partial charge in [0, 0.05) is 29.9 Å². The number of pyridine rings is 1. The molecule has 1 aliphatic heterocycles. The molecule has 1 aliphatic carbocycles. The molecular weight excluding hydrogens is 390 g/mol. The molecule has 0 unspecified atom stereocenters. The molecule has 1 aromatic heterocycles. The fraction of sp³-hybridized carbons (Fsp3) is 0.480. The SMILES string of the molecule is CC(C)(C)OC(=O)N(c1ncccc1[C@H]1CCCN1C(=O)c1ccccc1)C1CCC1. The fourth-order valence-corrected chi connectivity index (χ4v) is 4.31. The lowest BCUT2D eigenvalue weighted by Gasteiger charge is -2.39. The van der Waals surface area contributed by atoms with Gasteiger partial charge in [0.15, 0.2) is 0 Å². The quantitative estimate of drug-likeness (QED) is 0.667. The van der Waals surface area contributed by atoms with Gasteiger partial charge in [-0.1, -0.05) is 24.3 Å². The van der Waals surface area contributed by atoms with E-state index in [1.165, 1.54) is 0 Å². The second kappa shape index (κ2) is 8.69. The molecule has 1 atom stereocenters. The Bertz CT molecular complexity index is 935. The smallest absolute Gasteiger partial charge is 0.416 e. The highest BCUT2D eigenvalue weighted by molar-refractivity contribution is 5.95. The molecule has 6 nitrogen and oxygen atoms in total. The average molecular weight is 422 g/mol. The van der Waals surface area contributed by atoms with Crippen molar-refractivity contribution in [2.24, 2.45) is 0 Å². The number of carbonyl (C=O) groups is 2. The number of hydrogen-bond acceptors (Lipinski definition) is 4. The van der Waals surface area contributed by atoms with Crippen molar-refractivity contribution in [3.63, 3.8) is 0 Å². The van der Waals surface area contributed by atoms with Gasteiger partial charge in [-0.05, 0) is 71.1 Å². The zero-order valence-electron chi connectivity index (χ0n) is 18.6. The molecule has 2 heterocycles. The number of amides is 2. The Balaban J connectivity index is 1.68. The van der Waals surface area contributed by atoms with Crippen LogP contribution in [0.1, 0.15) is 74.8 Å². The van der Waals surface area contributed by atoms with Crippen LogP contribution in [0.15, 0.2) is 48.7 Å². The maximum atomic E-state index is 13.2. The molecule has 2 fully saturated rings. The lowest BCUT2D eigenvalue weighted by molar-refractivity contribution is 0.0547. The maximum Gasteiger partial charge on any atom is 0.416 e. The predicted molar refractivity (Wildman–Crippen MR) is 120 cm³/mol. The first-order valence-electron chi connectivity index (χ1n) is 11.2. The molecule has 0 spiro atoms. The number of likely N-dealkylation sites (tertiary alicyclic amines) is 1. The van der Waals surface area contributed by atoms with Crippen molar-refractivity contribution < 1.29 is 14.3 Å². The van der Waals surface area contributed by atoms with E-state index in [-0.39, 0.29) is 24.1 Å². The highest BCUT2D eigenvalue weighted by Crippen LogP contribution is 2.40. The molecule has 2 aromatic rings. The third kappa shape index (κ3) is 4.58. The molecule has 2 amide bonds. The van der Waals surface area contributed by atoms with Gasteiger partial charge in [-0.2, -0.15) is 0 Å². The van der Waals surface area contributed by atoms with Crippen LogP contribution in [0.4, 0.5) is 10.6 Å². The number of carbonyl (C=O) groups excluding carboxylic acids is 2. The minimum atomic E-state index is -0.587. The van der Waals surface area contributed by atoms with E-state index in [9.17, 15) is 9.59 Å². The number of aromatic nitrogens is 1. The number of nitrogens with zero attached hydrogens (tertiary/aromatic N) is 3. The van der Waals surface area contributed by atoms with Crippen molar-refractivity contribution in [1.82, 2.24) is 9.88 Å². The van der Waals surface area contributed by atoms with E-state index in [0.717, 1.165) is 37.7 Å². The van der Waals surface area contributed by atoms with Gasteiger partial charge >= 0.3 is 6.09 Å². The lowest BCUT2D eigenvalue weighted by Crippen LogP contribution is -2.48. The maximum absolute atomic E-state index is 13.2. The van der Waals surface area contributed by atoms with Gasteiger partial charge in [-0.15, -0.1) is 0 Å². The number of rotatable bonds is 4. The van der Waals surface area contributed by atoms with Crippen molar-refractivity contribution in [2.75, 3.05) is 11.4 Å². The van der Waals surface area contributed by atoms with Crippen molar-refractivity contribution in [2.45, 2.75) is 70.6 Å². The summed E-state index contributed by atoms with van der Waals surface area (Å²) in [6.45, 7) is 6.32. The first-order chi connectivity index (χ1) is 14.8. The number of benzene rings is 1. The minimum absolute atomic E-state index is 0.0189. The van der Waals surface area contributed by atoms with Crippen LogP contribution in [-0.2, 0) is 4.74 Å². The van der Waals surface area contributed by atoms with E-state index in [2.05, 4.69) is 4.98 Å². The van der Waals surface area contributed by atoms with E-state index >= 15 is 0 Å². The number of anilines is 1. The van der Waals surface area contributed by atoms with Crippen LogP contribution in [0.2, 0.25) is 0 Å². The summed E-state index contributed by atoms with van der Waals surface area (Å²) in [6, 6.07) is 13.2. The predicted octanol–water partition coefficient (Wildman–Crippen LogP) is 5.35. The van der Waals surface area contributed by atoms with Crippen LogP contribution in [0.3, 0.4) is 0 Å². The Hall–Kier alpha value is -2.89. The number of ether oxygens (including phenoxy) is 1. The molecule has 1 saturated carbocycles. The van der Waals surface area contributed by atoms with Crippen molar-refractivity contribution in [1.29, 1.82) is 0 Å². The zero-order valence-corrected chi connectivity index (χ0v) is 18.6. The zero-order chi connectivity index (χ0) is 22.0. The van der Waals surface area contributed by atoms with Gasteiger partial charge in [-0.25, -0.2) is 9.78 Å². The van der Waals surface area contributed by atoms with Crippen molar-refractivity contribution in [3.05, 3.63) is 59.8 Å². The third-order valence-electron chi connectivity index (χ3n) is 5.97. The molecule has 2 aliphatic rings. The van der Waals surface area contributed by atoms with Crippen LogP contribution < -0.4 is 4.90 Å². The second-order valence-corrected chi connectivity index (χ2v) is 9.37. The average Bonchev–Trinajstić information content (AvgIpc) is 3.19. The largest absolute Gasteiger partial charge is 0.443 e. The van der Waals surface area contributed by atoms with Crippen LogP contribution >= 0.6 is 0 Å². The third-order valence-corrected chi connectivity index (χ3v) is 5.97. The Morgan fingerprint density at radius 3 is 2.42 bits per heavy atom. The van der Waals surface area contributed by atoms with Gasteiger partial charge in [-0.3, -0.25) is 9.69 Å². The minimum Gasteiger partial charge on any atom is -0.443 e. The van der Waals surface area contributed by atoms with E-state index in [4.69, 9.17) is 4.74 Å². The van der Waals surface area contributed by atoms with Gasteiger partial charge < -0.3 is 9.64 Å². The molecule has 1 aromatic carbocycles. The van der Waals surface area contributed by atoms with E-state index in [0.29, 0.717) is 17.9 Å². The molecule has 31 heavy (non-hydrogen) atoms. The molecule has 0 N–H and O–H groups in total. The van der Waals surface area contributed by atoms with E-state index in [1.54, 1.807) is 11.1 Å². The summed E-state index contributed by atoms with van der Waals surface area (Å²) < 4.78 is 5.74. The molecule has 6 heteroatoms. The molecular formula is C25H31N3O3. The Morgan fingerprint density at radius 1 is 1.03 bits per heavy atom. The number of hydrogen-bond donors (Lipinski definition) is 0. The lowest BCUT2D eigenvalue weighted by atomic mass is 9.91. The highest BCUT2D eigenvalue weighted by atomic mass is 16.6. The summed E-state index contributed by atoms with van der Waals surface area (Å²) in [5.41, 5.74) is 1.02. The van der Waals surface area contributed by atoms with Crippen molar-refractivity contribution in [3.8, 4) is 0 Å². The highest BCUT2D eigenvalue weighted by Gasteiger charge is 2.39. The molecule has 164 valence electrons. The molecule has 0 radical (unpaired) electrons. The monoisotopic (exact) mass is 421 g/mol. The van der Waals surface area contributed by atoms with E-state index in [1.807, 2.05) is 68.1 Å². The van der Waals surface area contributed by atoms with Gasteiger partial charge in [0.2, 0.25) is 0 Å². The topological polar surface area (TPSA) is 62.7 Å². The van der Waals surface area contributed by atoms with Gasteiger partial charge in [0.25, 0.3) is 5.91 Å². The summed E-state index contributed by atoms with van der Waals surface area (Å²) in [7, 11) is 0. The van der Waals surface area contributed by atoms with Crippen LogP contribution in [0.5, 0.6) is 0 Å². The van der Waals surface area contributed by atoms with Crippen molar-refractivity contribution >= 4 is 17.8 Å². The van der Waals surface area contributed by atoms with Crippen LogP contribution in [0, 0.1) is 0 Å². The van der Waals surface area contributed by atoms with Crippen LogP contribution in [0.25, 0.3) is 0 Å². The van der Waals surface area contributed by atoms with E-state index < -0.39 is 5.60 Å². The Morgan fingerprint density at radius 2 is 1.77 bits per heavy atom. The first kappa shape index (κ1) is 21.3. The summed E-state index contributed by atoms with van der Waals surface area (Å²) in [5, 5.41) is 0. The standard InChI is InChI=1S/C25H31N3O3/c1-25(2,3)31-24(30)28(19-12-7-13-19)22-20(14-8-16-26-22)21-15-9-17-27(21)23(29)18-10-5-4-6-11-18/h4-6,8,10-11,14,16,19,21H,7,9,12-13,15,17H2,1-3H3/t21-/m1/s1. The van der Waals surface area contributed by atoms with Gasteiger partial charge in [0.1, 0.15) is 11.4 Å². The molecule has 1 saturated heterocycles. The summed E-state index contributed by atoms with van der Waals surface area (Å²) in [6.07, 6.45) is 6.09. The molecule has 4 rings (SSSR count). The second-order valence-electron chi connectivity index (χ2n) is 9.37. The van der Waals surface area contributed by atoms with Gasteiger partial charge in [0.05, 0.1) is 6.04 Å². The fourth-order valence-electron chi connectivity index (χ4n) is 4.31. The molecule has 0 bridgehead atoms. The normalized spacial score (nSPS) is 19.1. The summed E-state index contributed by atoms with van der Waals surface area (Å²) in [5.74, 6) is 0.643. The summed E-state index contributed by atoms with van der Waals surface area (Å²) >= 11 is 0. The van der Waals surface area contributed by atoms with Crippen LogP contribution in [-0.4, -0.2) is 40.1 Å². The summed E-state index contributed by atoms with van der Waals surface area (Å²) in [4.78, 5) is 34.7. The Labute approximate surface area is 184 Å². The first-order valence-corrected chi connectivity index (χ1v) is 11.2.